The molecule has 2 N–H and O–H groups in total. The number of H-pyrrole nitrogens is 1. The van der Waals surface area contributed by atoms with Gasteiger partial charge in [-0.05, 0) is 46.4 Å². The number of carboxylic acid groups (broad SMARTS) is 1. The fourth-order valence-corrected chi connectivity index (χ4v) is 2.93. The second kappa shape index (κ2) is 5.77. The lowest BCUT2D eigenvalue weighted by Gasteiger charge is -2.06. The zero-order valence-electron chi connectivity index (χ0n) is 11.0. The van der Waals surface area contributed by atoms with E-state index in [0.717, 1.165) is 22.2 Å². The lowest BCUT2D eigenvalue weighted by molar-refractivity contribution is 0.0690. The van der Waals surface area contributed by atoms with Crippen molar-refractivity contribution in [3.05, 3.63) is 63.4 Å². The summed E-state index contributed by atoms with van der Waals surface area (Å²) in [5.74, 6) is -0.234. The molecule has 0 saturated carbocycles. The first-order valence-corrected chi connectivity index (χ1v) is 7.44. The lowest BCUT2D eigenvalue weighted by atomic mass is 10.2. The van der Waals surface area contributed by atoms with Gasteiger partial charge < -0.3 is 14.8 Å². The number of carboxylic acids is 1. The standard InChI is InChI=1S/C16H12INO3/c17-14-12-8-11(21-9-10-4-2-1-3-5-10)6-7-13(12)18-15(14)16(19)20/h1-8,18H,9H2,(H,19,20). The number of hydrogen-bond donors (Lipinski definition) is 2. The van der Waals surface area contributed by atoms with Crippen LogP contribution in [-0.2, 0) is 6.61 Å². The van der Waals surface area contributed by atoms with Gasteiger partial charge in [0.25, 0.3) is 0 Å². The average Bonchev–Trinajstić information content (AvgIpc) is 2.83. The molecule has 4 nitrogen and oxygen atoms in total. The zero-order valence-corrected chi connectivity index (χ0v) is 13.1. The first-order valence-electron chi connectivity index (χ1n) is 6.36. The van der Waals surface area contributed by atoms with Crippen LogP contribution in [0.2, 0.25) is 0 Å². The van der Waals surface area contributed by atoms with E-state index in [0.29, 0.717) is 10.2 Å². The van der Waals surface area contributed by atoms with Crippen LogP contribution in [-0.4, -0.2) is 16.1 Å². The summed E-state index contributed by atoms with van der Waals surface area (Å²) < 4.78 is 6.45. The third kappa shape index (κ3) is 2.87. The number of aromatic carboxylic acids is 1. The molecule has 0 spiro atoms. The summed E-state index contributed by atoms with van der Waals surface area (Å²) in [6.07, 6.45) is 0. The molecule has 21 heavy (non-hydrogen) atoms. The molecule has 0 aliphatic rings. The van der Waals surface area contributed by atoms with E-state index in [-0.39, 0.29) is 5.69 Å². The molecule has 0 fully saturated rings. The maximum atomic E-state index is 11.1. The Morgan fingerprint density at radius 1 is 1.19 bits per heavy atom. The number of benzene rings is 2. The number of rotatable bonds is 4. The largest absolute Gasteiger partial charge is 0.489 e. The number of nitrogens with one attached hydrogen (secondary N) is 1. The van der Waals surface area contributed by atoms with Gasteiger partial charge in [-0.1, -0.05) is 30.3 Å². The van der Waals surface area contributed by atoms with Crippen LogP contribution >= 0.6 is 22.6 Å². The molecule has 0 bridgehead atoms. The molecule has 1 aromatic heterocycles. The molecule has 0 aliphatic carbocycles. The van der Waals surface area contributed by atoms with E-state index in [1.807, 2.05) is 71.1 Å². The third-order valence-corrected chi connectivity index (χ3v) is 4.29. The topological polar surface area (TPSA) is 62.3 Å². The molecule has 0 aliphatic heterocycles. The van der Waals surface area contributed by atoms with Crippen molar-refractivity contribution in [2.75, 3.05) is 0 Å². The summed E-state index contributed by atoms with van der Waals surface area (Å²) in [4.78, 5) is 14.0. The normalized spacial score (nSPS) is 10.7. The number of ether oxygens (including phenoxy) is 1. The predicted molar refractivity (Wildman–Crippen MR) is 88.7 cm³/mol. The molecule has 106 valence electrons. The van der Waals surface area contributed by atoms with E-state index in [1.54, 1.807) is 0 Å². The molecule has 3 rings (SSSR count). The van der Waals surface area contributed by atoms with Crippen molar-refractivity contribution in [3.63, 3.8) is 0 Å². The zero-order chi connectivity index (χ0) is 14.8. The first kappa shape index (κ1) is 13.9. The van der Waals surface area contributed by atoms with Crippen LogP contribution in [0.25, 0.3) is 10.9 Å². The van der Waals surface area contributed by atoms with Crippen LogP contribution in [0.15, 0.2) is 48.5 Å². The fraction of sp³-hybridized carbons (Fsp3) is 0.0625. The molecule has 1 heterocycles. The molecule has 0 saturated heterocycles. The van der Waals surface area contributed by atoms with Gasteiger partial charge in [-0.3, -0.25) is 0 Å². The Labute approximate surface area is 134 Å². The van der Waals surface area contributed by atoms with Gasteiger partial charge in [0.1, 0.15) is 18.1 Å². The highest BCUT2D eigenvalue weighted by Crippen LogP contribution is 2.28. The Kier molecular flexibility index (Phi) is 3.83. The summed E-state index contributed by atoms with van der Waals surface area (Å²) in [6, 6.07) is 15.4. The minimum absolute atomic E-state index is 0.214. The number of aromatic nitrogens is 1. The van der Waals surface area contributed by atoms with Crippen LogP contribution < -0.4 is 4.74 Å². The Hall–Kier alpha value is -2.02. The minimum Gasteiger partial charge on any atom is -0.489 e. The van der Waals surface area contributed by atoms with Gasteiger partial charge in [0.05, 0.1) is 3.57 Å². The van der Waals surface area contributed by atoms with E-state index in [2.05, 4.69) is 4.98 Å². The summed E-state index contributed by atoms with van der Waals surface area (Å²) in [6.45, 7) is 0.485. The van der Waals surface area contributed by atoms with Gasteiger partial charge >= 0.3 is 5.97 Å². The molecular formula is C16H12INO3. The van der Waals surface area contributed by atoms with Crippen LogP contribution in [0.5, 0.6) is 5.75 Å². The Morgan fingerprint density at radius 3 is 2.67 bits per heavy atom. The van der Waals surface area contributed by atoms with E-state index in [9.17, 15) is 4.79 Å². The molecule has 0 atom stereocenters. The monoisotopic (exact) mass is 393 g/mol. The summed E-state index contributed by atoms with van der Waals surface area (Å²) in [7, 11) is 0. The van der Waals surface area contributed by atoms with Crippen molar-refractivity contribution in [2.45, 2.75) is 6.61 Å². The van der Waals surface area contributed by atoms with Crippen molar-refractivity contribution in [1.82, 2.24) is 4.98 Å². The first-order chi connectivity index (χ1) is 10.1. The highest BCUT2D eigenvalue weighted by Gasteiger charge is 2.15. The van der Waals surface area contributed by atoms with Gasteiger partial charge in [-0.25, -0.2) is 4.79 Å². The molecule has 3 aromatic rings. The summed E-state index contributed by atoms with van der Waals surface area (Å²) in [5.41, 5.74) is 2.10. The molecule has 0 unspecified atom stereocenters. The number of hydrogen-bond acceptors (Lipinski definition) is 2. The van der Waals surface area contributed by atoms with Crippen molar-refractivity contribution in [2.24, 2.45) is 0 Å². The van der Waals surface area contributed by atoms with Gasteiger partial charge in [0.15, 0.2) is 0 Å². The number of aromatic amines is 1. The minimum atomic E-state index is -0.956. The van der Waals surface area contributed by atoms with E-state index >= 15 is 0 Å². The molecule has 0 amide bonds. The van der Waals surface area contributed by atoms with Crippen LogP contribution in [0, 0.1) is 3.57 Å². The van der Waals surface area contributed by atoms with Crippen molar-refractivity contribution in [1.29, 1.82) is 0 Å². The van der Waals surface area contributed by atoms with Crippen molar-refractivity contribution >= 4 is 39.5 Å². The summed E-state index contributed by atoms with van der Waals surface area (Å²) >= 11 is 2.04. The van der Waals surface area contributed by atoms with Gasteiger partial charge in [0, 0.05) is 10.9 Å². The maximum absolute atomic E-state index is 11.1. The third-order valence-electron chi connectivity index (χ3n) is 3.17. The van der Waals surface area contributed by atoms with Crippen LogP contribution in [0.3, 0.4) is 0 Å². The second-order valence-corrected chi connectivity index (χ2v) is 5.68. The van der Waals surface area contributed by atoms with Crippen LogP contribution in [0.1, 0.15) is 16.1 Å². The SMILES string of the molecule is O=C(O)c1[nH]c2ccc(OCc3ccccc3)cc2c1I. The highest BCUT2D eigenvalue weighted by molar-refractivity contribution is 14.1. The summed E-state index contributed by atoms with van der Waals surface area (Å²) in [5, 5.41) is 9.98. The van der Waals surface area contributed by atoms with E-state index < -0.39 is 5.97 Å². The maximum Gasteiger partial charge on any atom is 0.353 e. The Balaban J connectivity index is 1.87. The van der Waals surface area contributed by atoms with E-state index in [1.165, 1.54) is 0 Å². The fourth-order valence-electron chi connectivity index (χ4n) is 2.12. The highest BCUT2D eigenvalue weighted by atomic mass is 127. The van der Waals surface area contributed by atoms with Gasteiger partial charge in [-0.15, -0.1) is 0 Å². The van der Waals surface area contributed by atoms with Gasteiger partial charge in [-0.2, -0.15) is 0 Å². The second-order valence-electron chi connectivity index (χ2n) is 4.60. The Bertz CT molecular complexity index is 796. The predicted octanol–water partition coefficient (Wildman–Crippen LogP) is 4.05. The molecule has 0 radical (unpaired) electrons. The van der Waals surface area contributed by atoms with E-state index in [4.69, 9.17) is 9.84 Å². The number of carbonyl (C=O) groups is 1. The number of fused-ring (bicyclic) bond motifs is 1. The van der Waals surface area contributed by atoms with Crippen LogP contribution in [0.4, 0.5) is 0 Å². The van der Waals surface area contributed by atoms with Crippen molar-refractivity contribution < 1.29 is 14.6 Å². The smallest absolute Gasteiger partial charge is 0.353 e. The molecule has 2 aromatic carbocycles. The quantitative estimate of drug-likeness (QED) is 0.658. The molecule has 5 heteroatoms. The lowest BCUT2D eigenvalue weighted by Crippen LogP contribution is -1.98. The number of halogens is 1. The average molecular weight is 393 g/mol. The Morgan fingerprint density at radius 2 is 1.95 bits per heavy atom. The molecular weight excluding hydrogens is 381 g/mol. The van der Waals surface area contributed by atoms with Crippen molar-refractivity contribution in [3.8, 4) is 5.75 Å². The van der Waals surface area contributed by atoms with Gasteiger partial charge in [0.2, 0.25) is 0 Å².